The first kappa shape index (κ1) is 21.8. The van der Waals surface area contributed by atoms with E-state index in [1.165, 1.54) is 11.1 Å². The molecule has 1 unspecified atom stereocenters. The van der Waals surface area contributed by atoms with E-state index in [1.54, 1.807) is 4.90 Å². The maximum Gasteiger partial charge on any atom is 0.322 e. The van der Waals surface area contributed by atoms with Gasteiger partial charge in [0.25, 0.3) is 5.89 Å². The second-order valence-electron chi connectivity index (χ2n) is 8.37. The van der Waals surface area contributed by atoms with Gasteiger partial charge in [0.2, 0.25) is 5.82 Å². The van der Waals surface area contributed by atoms with Crippen LogP contribution in [-0.4, -0.2) is 27.6 Å². The van der Waals surface area contributed by atoms with Gasteiger partial charge in [-0.15, -0.1) is 0 Å². The third-order valence-corrected chi connectivity index (χ3v) is 6.13. The number of hydrogen-bond acceptors (Lipinski definition) is 4. The van der Waals surface area contributed by atoms with Gasteiger partial charge in [0.05, 0.1) is 11.6 Å². The fraction of sp³-hybridized carbons (Fsp3) is 0.346. The highest BCUT2D eigenvalue weighted by Crippen LogP contribution is 2.38. The molecule has 1 aliphatic heterocycles. The number of carbonyl (C=O) groups excluding carboxylic acids is 1. The average Bonchev–Trinajstić information content (AvgIpc) is 3.28. The zero-order valence-corrected chi connectivity index (χ0v) is 19.2. The molecule has 0 saturated heterocycles. The first-order valence-corrected chi connectivity index (χ1v) is 11.2. The minimum absolute atomic E-state index is 0.0895. The second kappa shape index (κ2) is 9.39. The van der Waals surface area contributed by atoms with Gasteiger partial charge in [0.15, 0.2) is 0 Å². The van der Waals surface area contributed by atoms with Crippen molar-refractivity contribution in [2.45, 2.75) is 53.0 Å². The third-order valence-electron chi connectivity index (χ3n) is 6.13. The minimum Gasteiger partial charge on any atom is -0.334 e. The van der Waals surface area contributed by atoms with Gasteiger partial charge in [-0.2, -0.15) is 4.98 Å². The second-order valence-corrected chi connectivity index (χ2v) is 8.37. The van der Waals surface area contributed by atoms with Crippen LogP contribution in [0.4, 0.5) is 4.79 Å². The largest absolute Gasteiger partial charge is 0.334 e. The van der Waals surface area contributed by atoms with Crippen molar-refractivity contribution in [1.29, 1.82) is 0 Å². The van der Waals surface area contributed by atoms with Crippen molar-refractivity contribution in [3.05, 3.63) is 76.8 Å². The molecule has 1 aromatic heterocycles. The zero-order valence-electron chi connectivity index (χ0n) is 19.2. The predicted molar refractivity (Wildman–Crippen MR) is 126 cm³/mol. The number of nitrogens with zero attached hydrogens (tertiary/aromatic N) is 3. The van der Waals surface area contributed by atoms with E-state index in [0.717, 1.165) is 41.7 Å². The Bertz CT molecular complexity index is 1130. The minimum atomic E-state index is -0.353. The number of rotatable bonds is 7. The number of hydrogen-bond donors (Lipinski definition) is 1. The number of nitrogens with one attached hydrogen (secondary N) is 1. The molecule has 32 heavy (non-hydrogen) atoms. The van der Waals surface area contributed by atoms with Crippen molar-refractivity contribution < 1.29 is 9.32 Å². The molecule has 4 rings (SSSR count). The summed E-state index contributed by atoms with van der Waals surface area (Å²) in [6.07, 6.45) is 3.12. The van der Waals surface area contributed by atoms with Crippen LogP contribution in [0.1, 0.15) is 61.7 Å². The van der Waals surface area contributed by atoms with Gasteiger partial charge >= 0.3 is 6.03 Å². The lowest BCUT2D eigenvalue weighted by Crippen LogP contribution is -2.46. The summed E-state index contributed by atoms with van der Waals surface area (Å²) in [5.41, 5.74) is 5.99. The van der Waals surface area contributed by atoms with Crippen LogP contribution in [0.5, 0.6) is 0 Å². The fourth-order valence-electron chi connectivity index (χ4n) is 4.08. The molecule has 2 amide bonds. The molecule has 1 atom stereocenters. The van der Waals surface area contributed by atoms with Crippen molar-refractivity contribution >= 4 is 11.6 Å². The maximum atomic E-state index is 13.1. The molecule has 0 aliphatic carbocycles. The van der Waals surface area contributed by atoms with Gasteiger partial charge in [-0.1, -0.05) is 73.5 Å². The van der Waals surface area contributed by atoms with Crippen molar-refractivity contribution in [1.82, 2.24) is 20.4 Å². The van der Waals surface area contributed by atoms with Crippen LogP contribution in [0.2, 0.25) is 0 Å². The highest BCUT2D eigenvalue weighted by molar-refractivity contribution is 5.86. The van der Waals surface area contributed by atoms with Crippen LogP contribution >= 0.6 is 0 Å². The Hall–Kier alpha value is -3.41. The lowest BCUT2D eigenvalue weighted by Gasteiger charge is -2.35. The Morgan fingerprint density at radius 1 is 1.03 bits per heavy atom. The van der Waals surface area contributed by atoms with Crippen LogP contribution in [0.25, 0.3) is 17.0 Å². The molecule has 6 nitrogen and oxygen atoms in total. The van der Waals surface area contributed by atoms with E-state index in [0.29, 0.717) is 18.3 Å². The Morgan fingerprint density at radius 2 is 1.81 bits per heavy atom. The van der Waals surface area contributed by atoms with E-state index in [4.69, 9.17) is 9.51 Å². The number of amides is 2. The highest BCUT2D eigenvalue weighted by Gasteiger charge is 2.35. The van der Waals surface area contributed by atoms with Crippen LogP contribution in [0, 0.1) is 13.8 Å². The zero-order chi connectivity index (χ0) is 22.7. The molecule has 0 saturated carbocycles. The molecule has 0 bridgehead atoms. The summed E-state index contributed by atoms with van der Waals surface area (Å²) in [6.45, 7) is 8.95. The van der Waals surface area contributed by atoms with Gasteiger partial charge in [-0.05, 0) is 43.9 Å². The number of urea groups is 1. The van der Waals surface area contributed by atoms with E-state index in [-0.39, 0.29) is 12.1 Å². The van der Waals surface area contributed by atoms with Crippen molar-refractivity contribution in [2.24, 2.45) is 0 Å². The Labute approximate surface area is 189 Å². The maximum absolute atomic E-state index is 13.1. The number of aryl methyl sites for hydroxylation is 2. The van der Waals surface area contributed by atoms with Gasteiger partial charge in [0.1, 0.15) is 0 Å². The van der Waals surface area contributed by atoms with Crippen molar-refractivity contribution in [3.63, 3.8) is 0 Å². The summed E-state index contributed by atoms with van der Waals surface area (Å²) in [6, 6.07) is 15.6. The normalized spacial score (nSPS) is 16.4. The van der Waals surface area contributed by atoms with Crippen molar-refractivity contribution in [2.75, 3.05) is 6.54 Å². The first-order valence-electron chi connectivity index (χ1n) is 11.2. The predicted octanol–water partition coefficient (Wildman–Crippen LogP) is 6.04. The summed E-state index contributed by atoms with van der Waals surface area (Å²) in [5.74, 6) is 0.972. The monoisotopic (exact) mass is 430 g/mol. The van der Waals surface area contributed by atoms with Gasteiger partial charge < -0.3 is 9.84 Å². The summed E-state index contributed by atoms with van der Waals surface area (Å²) < 4.78 is 5.75. The summed E-state index contributed by atoms with van der Waals surface area (Å²) in [5, 5.41) is 7.41. The smallest absolute Gasteiger partial charge is 0.322 e. The van der Waals surface area contributed by atoms with Gasteiger partial charge in [-0.3, -0.25) is 4.90 Å². The highest BCUT2D eigenvalue weighted by atomic mass is 16.5. The molecule has 0 radical (unpaired) electrons. The van der Waals surface area contributed by atoms with E-state index in [2.05, 4.69) is 49.4 Å². The van der Waals surface area contributed by atoms with Crippen LogP contribution in [0.3, 0.4) is 0 Å². The lowest BCUT2D eigenvalue weighted by atomic mass is 9.92. The topological polar surface area (TPSA) is 71.3 Å². The Morgan fingerprint density at radius 3 is 2.53 bits per heavy atom. The molecule has 1 N–H and O–H groups in total. The lowest BCUT2D eigenvalue weighted by molar-refractivity contribution is 0.204. The molecular weight excluding hydrogens is 400 g/mol. The molecule has 3 aromatic rings. The molecule has 6 heteroatoms. The average molecular weight is 431 g/mol. The number of aromatic nitrogens is 2. The molecule has 1 aliphatic rings. The fourth-order valence-corrected chi connectivity index (χ4v) is 4.08. The molecule has 2 aromatic carbocycles. The van der Waals surface area contributed by atoms with Gasteiger partial charge in [0, 0.05) is 17.8 Å². The first-order chi connectivity index (χ1) is 15.5. The van der Waals surface area contributed by atoms with E-state index >= 15 is 0 Å². The standard InChI is InChI=1S/C26H30N4O2/c1-5-6-10-15-30-19(4)22(25-28-24(29-32-25)20-11-8-7-9-12-20)23(27-26(30)31)21-14-13-17(2)18(3)16-21/h7-9,11-14,16,23H,5-6,10,15H2,1-4H3,(H,27,31). The quantitative estimate of drug-likeness (QED) is 0.464. The number of carbonyl (C=O) groups is 1. The van der Waals surface area contributed by atoms with Crippen LogP contribution in [0.15, 0.2) is 58.8 Å². The van der Waals surface area contributed by atoms with Crippen LogP contribution < -0.4 is 5.32 Å². The van der Waals surface area contributed by atoms with E-state index in [1.807, 2.05) is 37.3 Å². The SMILES string of the molecule is CCCCCN1C(=O)NC(c2ccc(C)c(C)c2)C(c2nc(-c3ccccc3)no2)=C1C. The van der Waals surface area contributed by atoms with Gasteiger partial charge in [-0.25, -0.2) is 4.79 Å². The number of benzene rings is 2. The molecule has 166 valence electrons. The summed E-state index contributed by atoms with van der Waals surface area (Å²) in [7, 11) is 0. The van der Waals surface area contributed by atoms with E-state index < -0.39 is 0 Å². The molecule has 0 fully saturated rings. The number of unbranched alkanes of at least 4 members (excludes halogenated alkanes) is 2. The van der Waals surface area contributed by atoms with Crippen LogP contribution in [-0.2, 0) is 0 Å². The number of allylic oxidation sites excluding steroid dienone is 1. The molecule has 0 spiro atoms. The van der Waals surface area contributed by atoms with Crippen molar-refractivity contribution in [3.8, 4) is 11.4 Å². The third kappa shape index (κ3) is 4.31. The molecule has 2 heterocycles. The molecular formula is C26H30N4O2. The Kier molecular flexibility index (Phi) is 6.40. The Balaban J connectivity index is 1.79. The summed E-state index contributed by atoms with van der Waals surface area (Å²) >= 11 is 0. The summed E-state index contributed by atoms with van der Waals surface area (Å²) in [4.78, 5) is 19.6. The van der Waals surface area contributed by atoms with E-state index in [9.17, 15) is 4.79 Å².